The molecule has 0 bridgehead atoms. The number of carbonyl (C=O) groups excluding carboxylic acids is 1. The normalized spacial score (nSPS) is 10.8. The van der Waals surface area contributed by atoms with Gasteiger partial charge in [0.25, 0.3) is 5.91 Å². The molecule has 136 valence electrons. The van der Waals surface area contributed by atoms with Crippen molar-refractivity contribution in [1.82, 2.24) is 15.0 Å². The van der Waals surface area contributed by atoms with Gasteiger partial charge in [0.15, 0.2) is 0 Å². The van der Waals surface area contributed by atoms with Gasteiger partial charge >= 0.3 is 0 Å². The number of rotatable bonds is 6. The Morgan fingerprint density at radius 3 is 2.62 bits per heavy atom. The summed E-state index contributed by atoms with van der Waals surface area (Å²) < 4.78 is 13.1. The van der Waals surface area contributed by atoms with Crippen molar-refractivity contribution < 1.29 is 14.1 Å². The minimum absolute atomic E-state index is 0.168. The summed E-state index contributed by atoms with van der Waals surface area (Å²) in [5, 5.41) is 6.88. The summed E-state index contributed by atoms with van der Waals surface area (Å²) in [7, 11) is 1.98. The number of hydrogen-bond donors (Lipinski definition) is 1. The number of hydrogen-bond acceptors (Lipinski definition) is 4. The number of nitrogens with zero attached hydrogens (tertiary/aromatic N) is 2. The van der Waals surface area contributed by atoms with Crippen LogP contribution in [-0.2, 0) is 20.2 Å². The molecule has 0 atom stereocenters. The van der Waals surface area contributed by atoms with Gasteiger partial charge in [-0.25, -0.2) is 0 Å². The van der Waals surface area contributed by atoms with Crippen molar-refractivity contribution >= 4 is 5.91 Å². The van der Waals surface area contributed by atoms with Crippen LogP contribution in [0.4, 0.5) is 0 Å². The summed E-state index contributed by atoms with van der Waals surface area (Å²) in [6.07, 6.45) is 0. The smallest absolute Gasteiger partial charge is 0.255 e. The fourth-order valence-corrected chi connectivity index (χ4v) is 2.75. The fourth-order valence-electron chi connectivity index (χ4n) is 2.75. The Kier molecular flexibility index (Phi) is 5.11. The Morgan fingerprint density at radius 1 is 1.19 bits per heavy atom. The zero-order valence-corrected chi connectivity index (χ0v) is 15.5. The molecule has 0 saturated carbocycles. The molecule has 0 saturated heterocycles. The predicted molar refractivity (Wildman–Crippen MR) is 98.1 cm³/mol. The zero-order valence-electron chi connectivity index (χ0n) is 15.5. The molecule has 0 radical (unpaired) electrons. The molecule has 0 aliphatic heterocycles. The van der Waals surface area contributed by atoms with E-state index in [1.807, 2.05) is 52.1 Å². The van der Waals surface area contributed by atoms with E-state index in [2.05, 4.69) is 15.0 Å². The number of amides is 1. The van der Waals surface area contributed by atoms with E-state index >= 15 is 0 Å². The molecule has 1 N–H and O–H groups in total. The number of aromatic nitrogens is 2. The lowest BCUT2D eigenvalue weighted by molar-refractivity contribution is 0.0945. The second kappa shape index (κ2) is 7.47. The predicted octanol–water partition coefficient (Wildman–Crippen LogP) is 3.45. The molecule has 3 aromatic rings. The topological polar surface area (TPSA) is 69.3 Å². The molecule has 3 rings (SSSR count). The molecule has 1 amide bonds. The van der Waals surface area contributed by atoms with Crippen molar-refractivity contribution in [3.63, 3.8) is 0 Å². The molecule has 0 aliphatic rings. The first-order valence-corrected chi connectivity index (χ1v) is 8.50. The summed E-state index contributed by atoms with van der Waals surface area (Å²) in [6, 6.07) is 11.3. The van der Waals surface area contributed by atoms with E-state index in [4.69, 9.17) is 9.26 Å². The summed E-state index contributed by atoms with van der Waals surface area (Å²) in [6.45, 7) is 6.52. The Bertz CT molecular complexity index is 905. The van der Waals surface area contributed by atoms with Crippen LogP contribution < -0.4 is 10.1 Å². The quantitative estimate of drug-likeness (QED) is 0.737. The van der Waals surface area contributed by atoms with E-state index in [1.54, 1.807) is 12.1 Å². The van der Waals surface area contributed by atoms with Crippen molar-refractivity contribution in [1.29, 1.82) is 0 Å². The molecule has 0 aliphatic carbocycles. The van der Waals surface area contributed by atoms with Crippen molar-refractivity contribution in [2.45, 2.75) is 33.9 Å². The highest BCUT2D eigenvalue weighted by Gasteiger charge is 2.15. The highest BCUT2D eigenvalue weighted by Crippen LogP contribution is 2.21. The van der Waals surface area contributed by atoms with Crippen molar-refractivity contribution in [3.05, 3.63) is 70.4 Å². The Hall–Kier alpha value is -3.02. The monoisotopic (exact) mass is 353 g/mol. The summed E-state index contributed by atoms with van der Waals surface area (Å²) >= 11 is 0. The van der Waals surface area contributed by atoms with E-state index in [-0.39, 0.29) is 5.91 Å². The maximum Gasteiger partial charge on any atom is 0.255 e. The lowest BCUT2D eigenvalue weighted by Gasteiger charge is -2.12. The second-order valence-corrected chi connectivity index (χ2v) is 6.30. The van der Waals surface area contributed by atoms with Gasteiger partial charge in [0.1, 0.15) is 18.1 Å². The van der Waals surface area contributed by atoms with Crippen LogP contribution in [0.2, 0.25) is 0 Å². The lowest BCUT2D eigenvalue weighted by Crippen LogP contribution is -2.24. The molecule has 2 heterocycles. The molecule has 2 aromatic heterocycles. The van der Waals surface area contributed by atoms with Crippen LogP contribution in [0.25, 0.3) is 0 Å². The minimum Gasteiger partial charge on any atom is -0.488 e. The highest BCUT2D eigenvalue weighted by atomic mass is 16.5. The first-order chi connectivity index (χ1) is 12.5. The van der Waals surface area contributed by atoms with Gasteiger partial charge in [0.2, 0.25) is 0 Å². The lowest BCUT2D eigenvalue weighted by atomic mass is 10.1. The molecule has 26 heavy (non-hydrogen) atoms. The molecular weight excluding hydrogens is 330 g/mol. The van der Waals surface area contributed by atoms with Crippen LogP contribution >= 0.6 is 0 Å². The Balaban J connectivity index is 1.70. The van der Waals surface area contributed by atoms with Crippen LogP contribution in [0, 0.1) is 20.8 Å². The first-order valence-electron chi connectivity index (χ1n) is 8.50. The molecular formula is C20H23N3O3. The van der Waals surface area contributed by atoms with E-state index in [0.717, 1.165) is 28.4 Å². The van der Waals surface area contributed by atoms with E-state index in [0.29, 0.717) is 24.5 Å². The molecule has 0 unspecified atom stereocenters. The number of para-hydroxylation sites is 1. The SMILES string of the molecule is Cc1noc(C)c1COc1ccccc1C(=O)NCc1ccc(C)n1C. The number of benzene rings is 1. The molecule has 0 spiro atoms. The largest absolute Gasteiger partial charge is 0.488 e. The Morgan fingerprint density at radius 2 is 1.96 bits per heavy atom. The van der Waals surface area contributed by atoms with Gasteiger partial charge in [-0.15, -0.1) is 0 Å². The number of aryl methyl sites for hydroxylation is 3. The summed E-state index contributed by atoms with van der Waals surface area (Å²) in [5.74, 6) is 1.09. The van der Waals surface area contributed by atoms with Crippen molar-refractivity contribution in [2.75, 3.05) is 0 Å². The highest BCUT2D eigenvalue weighted by molar-refractivity contribution is 5.96. The van der Waals surface area contributed by atoms with Gasteiger partial charge in [0.05, 0.1) is 23.4 Å². The molecule has 0 fully saturated rings. The van der Waals surface area contributed by atoms with Crippen LogP contribution in [0.15, 0.2) is 40.9 Å². The number of ether oxygens (including phenoxy) is 1. The van der Waals surface area contributed by atoms with Gasteiger partial charge < -0.3 is 19.1 Å². The van der Waals surface area contributed by atoms with E-state index in [9.17, 15) is 4.79 Å². The fraction of sp³-hybridized carbons (Fsp3) is 0.300. The third-order valence-corrected chi connectivity index (χ3v) is 4.59. The van der Waals surface area contributed by atoms with Crippen molar-refractivity contribution in [2.24, 2.45) is 7.05 Å². The number of nitrogens with one attached hydrogen (secondary N) is 1. The van der Waals surface area contributed by atoms with Crippen molar-refractivity contribution in [3.8, 4) is 5.75 Å². The second-order valence-electron chi connectivity index (χ2n) is 6.30. The maximum atomic E-state index is 12.6. The van der Waals surface area contributed by atoms with Crippen LogP contribution in [0.1, 0.15) is 38.8 Å². The first kappa shape index (κ1) is 17.8. The zero-order chi connectivity index (χ0) is 18.7. The van der Waals surface area contributed by atoms with Crippen LogP contribution in [0.3, 0.4) is 0 Å². The molecule has 1 aromatic carbocycles. The third-order valence-electron chi connectivity index (χ3n) is 4.59. The van der Waals surface area contributed by atoms with Gasteiger partial charge in [-0.05, 0) is 45.0 Å². The van der Waals surface area contributed by atoms with E-state index in [1.165, 1.54) is 0 Å². The minimum atomic E-state index is -0.168. The Labute approximate surface area is 152 Å². The van der Waals surface area contributed by atoms with Gasteiger partial charge in [0, 0.05) is 18.4 Å². The average molecular weight is 353 g/mol. The molecule has 6 nitrogen and oxygen atoms in total. The van der Waals surface area contributed by atoms with Gasteiger partial charge in [-0.3, -0.25) is 4.79 Å². The summed E-state index contributed by atoms with van der Waals surface area (Å²) in [5.41, 5.74) is 4.40. The molecule has 6 heteroatoms. The number of carbonyl (C=O) groups is 1. The standard InChI is InChI=1S/C20H23N3O3/c1-13-9-10-16(23(13)4)11-21-20(24)17-7-5-6-8-19(17)25-12-18-14(2)22-26-15(18)3/h5-10H,11-12H2,1-4H3,(H,21,24). The average Bonchev–Trinajstić information content (AvgIpc) is 3.13. The van der Waals surface area contributed by atoms with E-state index < -0.39 is 0 Å². The summed E-state index contributed by atoms with van der Waals surface area (Å²) in [4.78, 5) is 12.6. The van der Waals surface area contributed by atoms with Crippen LogP contribution in [0.5, 0.6) is 5.75 Å². The third kappa shape index (κ3) is 3.64. The van der Waals surface area contributed by atoms with Gasteiger partial charge in [-0.2, -0.15) is 0 Å². The van der Waals surface area contributed by atoms with Crippen LogP contribution in [-0.4, -0.2) is 15.6 Å². The van der Waals surface area contributed by atoms with Gasteiger partial charge in [-0.1, -0.05) is 17.3 Å². The maximum absolute atomic E-state index is 12.6.